The predicted octanol–water partition coefficient (Wildman–Crippen LogP) is 4.35. The van der Waals surface area contributed by atoms with Crippen LogP contribution in [-0.2, 0) is 9.05 Å². The fourth-order valence-electron chi connectivity index (χ4n) is 1.32. The zero-order valence-corrected chi connectivity index (χ0v) is 14.7. The third-order valence-electron chi connectivity index (χ3n) is 2.51. The van der Waals surface area contributed by atoms with Crippen LogP contribution in [0, 0.1) is 16.7 Å². The van der Waals surface area contributed by atoms with E-state index in [-0.39, 0.29) is 22.3 Å². The van der Waals surface area contributed by atoms with E-state index in [2.05, 4.69) is 22.0 Å². The van der Waals surface area contributed by atoms with E-state index in [0.717, 1.165) is 0 Å². The Bertz CT molecular complexity index is 653. The lowest BCUT2D eigenvalue weighted by Gasteiger charge is -2.17. The molecule has 1 aromatic carbocycles. The molecule has 1 rings (SSSR count). The van der Waals surface area contributed by atoms with Gasteiger partial charge in [0.15, 0.2) is 5.75 Å². The normalized spacial score (nSPS) is 12.0. The number of halogens is 3. The number of hydrogen-bond donors (Lipinski definition) is 0. The monoisotopic (exact) mass is 399 g/mol. The summed E-state index contributed by atoms with van der Waals surface area (Å²) in [5.41, 5.74) is -0.568. The Morgan fingerprint density at radius 1 is 1.45 bits per heavy atom. The van der Waals surface area contributed by atoms with Crippen LogP contribution in [0.4, 0.5) is 0 Å². The van der Waals surface area contributed by atoms with E-state index < -0.39 is 14.5 Å². The van der Waals surface area contributed by atoms with Gasteiger partial charge in [0.2, 0.25) is 0 Å². The van der Waals surface area contributed by atoms with E-state index in [4.69, 9.17) is 32.3 Å². The highest BCUT2D eigenvalue weighted by atomic mass is 79.9. The maximum absolute atomic E-state index is 11.5. The second-order valence-corrected chi connectivity index (χ2v) is 8.60. The quantitative estimate of drug-likeness (QED) is 0.689. The summed E-state index contributed by atoms with van der Waals surface area (Å²) in [5.74, 6) is -0.00129. The Morgan fingerprint density at radius 3 is 2.55 bits per heavy atom. The maximum Gasteiger partial charge on any atom is 0.265 e. The summed E-state index contributed by atoms with van der Waals surface area (Å²) in [6.45, 7) is 3.68. The number of nitriles is 1. The summed E-state index contributed by atoms with van der Waals surface area (Å²) >= 11 is 9.13. The molecule has 0 saturated carbocycles. The Morgan fingerprint density at radius 2 is 2.05 bits per heavy atom. The maximum atomic E-state index is 11.5. The van der Waals surface area contributed by atoms with Gasteiger partial charge in [0.1, 0.15) is 4.90 Å². The smallest absolute Gasteiger partial charge is 0.265 e. The highest BCUT2D eigenvalue weighted by Crippen LogP contribution is 2.37. The average Bonchev–Trinajstić information content (AvgIpc) is 2.30. The minimum atomic E-state index is -3.98. The van der Waals surface area contributed by atoms with Crippen molar-refractivity contribution in [3.05, 3.63) is 21.6 Å². The van der Waals surface area contributed by atoms with Crippen LogP contribution in [0.25, 0.3) is 0 Å². The molecule has 0 atom stereocenters. The molecule has 1 aromatic rings. The molecule has 0 fully saturated rings. The Kier molecular flexibility index (Phi) is 5.73. The molecule has 0 N–H and O–H groups in total. The van der Waals surface area contributed by atoms with Gasteiger partial charge in [-0.3, -0.25) is 0 Å². The highest BCUT2D eigenvalue weighted by molar-refractivity contribution is 9.10. The van der Waals surface area contributed by atoms with Crippen molar-refractivity contribution in [3.63, 3.8) is 0 Å². The first kappa shape index (κ1) is 17.6. The fraction of sp³-hybridized carbons (Fsp3) is 0.417. The van der Waals surface area contributed by atoms with Crippen molar-refractivity contribution in [2.24, 2.45) is 5.41 Å². The minimum Gasteiger partial charge on any atom is -0.491 e. The Hall–Kier alpha value is -0.480. The van der Waals surface area contributed by atoms with Gasteiger partial charge < -0.3 is 4.74 Å². The van der Waals surface area contributed by atoms with Crippen LogP contribution in [0.1, 0.15) is 20.3 Å². The molecule has 0 aromatic heterocycles. The molecular weight excluding hydrogens is 389 g/mol. The fourth-order valence-corrected chi connectivity index (χ4v) is 3.40. The van der Waals surface area contributed by atoms with Gasteiger partial charge in [-0.25, -0.2) is 8.42 Å². The van der Waals surface area contributed by atoms with E-state index in [1.165, 1.54) is 12.1 Å². The van der Waals surface area contributed by atoms with Crippen LogP contribution < -0.4 is 4.74 Å². The SMILES string of the molecule is CC(C)(C#N)CCOc1c(Cl)cc(Br)cc1S(=O)(=O)Cl. The van der Waals surface area contributed by atoms with Crippen LogP contribution >= 0.6 is 38.2 Å². The lowest BCUT2D eigenvalue weighted by atomic mass is 9.92. The number of ether oxygens (including phenoxy) is 1. The van der Waals surface area contributed by atoms with Gasteiger partial charge in [0.25, 0.3) is 9.05 Å². The van der Waals surface area contributed by atoms with Gasteiger partial charge in [-0.05, 0) is 32.4 Å². The molecule has 0 unspecified atom stereocenters. The van der Waals surface area contributed by atoms with Gasteiger partial charge in [-0.15, -0.1) is 0 Å². The van der Waals surface area contributed by atoms with Crippen molar-refractivity contribution >= 4 is 47.3 Å². The van der Waals surface area contributed by atoms with Gasteiger partial charge in [0.05, 0.1) is 23.1 Å². The zero-order chi connectivity index (χ0) is 15.6. The molecule has 0 aliphatic heterocycles. The summed E-state index contributed by atoms with van der Waals surface area (Å²) in [7, 11) is 1.38. The number of rotatable bonds is 5. The lowest BCUT2D eigenvalue weighted by molar-refractivity contribution is 0.259. The summed E-state index contributed by atoms with van der Waals surface area (Å²) in [4.78, 5) is -0.201. The molecule has 0 heterocycles. The minimum absolute atomic E-state index is 0.00129. The molecule has 110 valence electrons. The standard InChI is InChI=1S/C12H12BrCl2NO3S/c1-12(2,7-16)3-4-19-11-9(14)5-8(13)6-10(11)20(15,17)18/h5-6H,3-4H2,1-2H3. The van der Waals surface area contributed by atoms with Crippen molar-refractivity contribution in [2.75, 3.05) is 6.61 Å². The van der Waals surface area contributed by atoms with E-state index >= 15 is 0 Å². The molecule has 0 saturated heterocycles. The Labute approximate surface area is 136 Å². The molecular formula is C12H12BrCl2NO3S. The first-order valence-electron chi connectivity index (χ1n) is 5.54. The average molecular weight is 401 g/mol. The van der Waals surface area contributed by atoms with E-state index in [1.54, 1.807) is 13.8 Å². The van der Waals surface area contributed by atoms with Crippen molar-refractivity contribution in [1.82, 2.24) is 0 Å². The summed E-state index contributed by atoms with van der Waals surface area (Å²) in [5, 5.41) is 9.04. The van der Waals surface area contributed by atoms with E-state index in [1.807, 2.05) is 0 Å². The first-order valence-corrected chi connectivity index (χ1v) is 9.02. The lowest BCUT2D eigenvalue weighted by Crippen LogP contribution is -2.14. The van der Waals surface area contributed by atoms with E-state index in [0.29, 0.717) is 10.9 Å². The molecule has 0 amide bonds. The zero-order valence-electron chi connectivity index (χ0n) is 10.8. The van der Waals surface area contributed by atoms with Gasteiger partial charge in [-0.1, -0.05) is 27.5 Å². The number of benzene rings is 1. The van der Waals surface area contributed by atoms with Crippen LogP contribution in [0.5, 0.6) is 5.75 Å². The summed E-state index contributed by atoms with van der Waals surface area (Å²) in [6.07, 6.45) is 0.428. The topological polar surface area (TPSA) is 67.2 Å². The van der Waals surface area contributed by atoms with Crippen LogP contribution in [0.15, 0.2) is 21.5 Å². The number of hydrogen-bond acceptors (Lipinski definition) is 4. The second-order valence-electron chi connectivity index (χ2n) is 4.75. The summed E-state index contributed by atoms with van der Waals surface area (Å²) in [6, 6.07) is 4.96. The molecule has 0 radical (unpaired) electrons. The molecule has 0 aliphatic rings. The van der Waals surface area contributed by atoms with Crippen LogP contribution in [0.2, 0.25) is 5.02 Å². The first-order chi connectivity index (χ1) is 9.07. The molecule has 8 heteroatoms. The molecule has 0 aliphatic carbocycles. The second kappa shape index (κ2) is 6.52. The van der Waals surface area contributed by atoms with Crippen LogP contribution in [-0.4, -0.2) is 15.0 Å². The van der Waals surface area contributed by atoms with Gasteiger partial charge in [-0.2, -0.15) is 5.26 Å². The van der Waals surface area contributed by atoms with Crippen molar-refractivity contribution in [1.29, 1.82) is 5.26 Å². The molecule has 0 bridgehead atoms. The van der Waals surface area contributed by atoms with Crippen molar-refractivity contribution < 1.29 is 13.2 Å². The van der Waals surface area contributed by atoms with Gasteiger partial charge >= 0.3 is 0 Å². The molecule has 0 spiro atoms. The van der Waals surface area contributed by atoms with Crippen LogP contribution in [0.3, 0.4) is 0 Å². The third kappa shape index (κ3) is 4.81. The highest BCUT2D eigenvalue weighted by Gasteiger charge is 2.22. The largest absolute Gasteiger partial charge is 0.491 e. The van der Waals surface area contributed by atoms with Crippen molar-refractivity contribution in [2.45, 2.75) is 25.2 Å². The third-order valence-corrected chi connectivity index (χ3v) is 4.58. The van der Waals surface area contributed by atoms with Gasteiger partial charge in [0, 0.05) is 15.2 Å². The van der Waals surface area contributed by atoms with E-state index in [9.17, 15) is 8.42 Å². The molecule has 4 nitrogen and oxygen atoms in total. The predicted molar refractivity (Wildman–Crippen MR) is 81.7 cm³/mol. The molecule has 20 heavy (non-hydrogen) atoms. The number of nitrogens with zero attached hydrogens (tertiary/aromatic N) is 1. The Balaban J connectivity index is 3.05. The summed E-state index contributed by atoms with van der Waals surface area (Å²) < 4.78 is 29.0. The van der Waals surface area contributed by atoms with Crippen molar-refractivity contribution in [3.8, 4) is 11.8 Å².